The average Bonchev–Trinajstić information content (AvgIpc) is 2.77. The first kappa shape index (κ1) is 14.7. The van der Waals surface area contributed by atoms with Gasteiger partial charge in [-0.25, -0.2) is 12.7 Å². The molecule has 0 saturated carbocycles. The molecule has 0 radical (unpaired) electrons. The van der Waals surface area contributed by atoms with Crippen LogP contribution in [0.5, 0.6) is 0 Å². The molecule has 1 aromatic carbocycles. The molecular weight excluding hydrogens is 274 g/mol. The molecule has 20 heavy (non-hydrogen) atoms. The SMILES string of the molecule is Cc1n[nH]c(C)c1S(=O)(=O)N(C)CCc1ccccc1. The molecular formula is C14H19N3O2S. The number of rotatable bonds is 5. The third-order valence-electron chi connectivity index (χ3n) is 3.29. The van der Waals surface area contributed by atoms with Gasteiger partial charge in [-0.1, -0.05) is 30.3 Å². The average molecular weight is 293 g/mol. The van der Waals surface area contributed by atoms with Crippen molar-refractivity contribution in [3.05, 3.63) is 47.3 Å². The summed E-state index contributed by atoms with van der Waals surface area (Å²) in [6.45, 7) is 3.86. The summed E-state index contributed by atoms with van der Waals surface area (Å²) in [6, 6.07) is 9.84. The molecule has 0 bridgehead atoms. The van der Waals surface area contributed by atoms with Crippen molar-refractivity contribution in [1.29, 1.82) is 0 Å². The summed E-state index contributed by atoms with van der Waals surface area (Å²) >= 11 is 0. The molecule has 1 heterocycles. The summed E-state index contributed by atoms with van der Waals surface area (Å²) in [5, 5.41) is 6.67. The maximum atomic E-state index is 12.5. The van der Waals surface area contributed by atoms with Crippen LogP contribution in [0.25, 0.3) is 0 Å². The van der Waals surface area contributed by atoms with Crippen LogP contribution >= 0.6 is 0 Å². The topological polar surface area (TPSA) is 66.1 Å². The molecule has 0 fully saturated rings. The van der Waals surface area contributed by atoms with Gasteiger partial charge in [-0.3, -0.25) is 5.10 Å². The minimum Gasteiger partial charge on any atom is -0.281 e. The molecule has 0 atom stereocenters. The van der Waals surface area contributed by atoms with Crippen molar-refractivity contribution >= 4 is 10.0 Å². The second kappa shape index (κ2) is 5.76. The summed E-state index contributed by atoms with van der Waals surface area (Å²) in [7, 11) is -1.89. The zero-order valence-electron chi connectivity index (χ0n) is 11.9. The Morgan fingerprint density at radius 2 is 1.85 bits per heavy atom. The van der Waals surface area contributed by atoms with Gasteiger partial charge in [0.15, 0.2) is 0 Å². The largest absolute Gasteiger partial charge is 0.281 e. The van der Waals surface area contributed by atoms with Gasteiger partial charge in [0.2, 0.25) is 10.0 Å². The standard InChI is InChI=1S/C14H19N3O2S/c1-11-14(12(2)16-15-11)20(18,19)17(3)10-9-13-7-5-4-6-8-13/h4-8H,9-10H2,1-3H3,(H,15,16). The first-order valence-corrected chi connectivity index (χ1v) is 7.88. The summed E-state index contributed by atoms with van der Waals surface area (Å²) in [6.07, 6.45) is 0.687. The second-order valence-corrected chi connectivity index (χ2v) is 6.81. The van der Waals surface area contributed by atoms with Gasteiger partial charge in [0.05, 0.1) is 11.4 Å². The van der Waals surface area contributed by atoms with E-state index in [1.54, 1.807) is 20.9 Å². The Balaban J connectivity index is 2.14. The lowest BCUT2D eigenvalue weighted by atomic mass is 10.2. The van der Waals surface area contributed by atoms with Gasteiger partial charge in [0.25, 0.3) is 0 Å². The number of hydrogen-bond acceptors (Lipinski definition) is 3. The maximum Gasteiger partial charge on any atom is 0.246 e. The van der Waals surface area contributed by atoms with E-state index in [1.165, 1.54) is 4.31 Å². The highest BCUT2D eigenvalue weighted by Crippen LogP contribution is 2.20. The molecule has 0 amide bonds. The molecule has 0 aliphatic rings. The van der Waals surface area contributed by atoms with Crippen LogP contribution in [0.1, 0.15) is 17.0 Å². The van der Waals surface area contributed by atoms with Crippen LogP contribution in [0, 0.1) is 13.8 Å². The minimum atomic E-state index is -3.49. The molecule has 5 nitrogen and oxygen atoms in total. The third kappa shape index (κ3) is 2.91. The lowest BCUT2D eigenvalue weighted by Gasteiger charge is -2.17. The van der Waals surface area contributed by atoms with Crippen molar-refractivity contribution in [2.75, 3.05) is 13.6 Å². The Kier molecular flexibility index (Phi) is 4.25. The number of likely N-dealkylation sites (N-methyl/N-ethyl adjacent to an activating group) is 1. The van der Waals surface area contributed by atoms with E-state index in [0.717, 1.165) is 5.56 Å². The Labute approximate surface area is 119 Å². The first-order valence-electron chi connectivity index (χ1n) is 6.44. The van der Waals surface area contributed by atoms with Crippen LogP contribution in [-0.2, 0) is 16.4 Å². The van der Waals surface area contributed by atoms with Gasteiger partial charge in [0.1, 0.15) is 4.90 Å². The molecule has 0 saturated heterocycles. The van der Waals surface area contributed by atoms with Crippen molar-refractivity contribution in [3.63, 3.8) is 0 Å². The highest BCUT2D eigenvalue weighted by Gasteiger charge is 2.26. The number of aryl methyl sites for hydroxylation is 2. The molecule has 108 valence electrons. The number of aromatic amines is 1. The lowest BCUT2D eigenvalue weighted by Crippen LogP contribution is -2.29. The second-order valence-electron chi connectivity index (χ2n) is 4.83. The van der Waals surface area contributed by atoms with Gasteiger partial charge in [-0.05, 0) is 25.8 Å². The fourth-order valence-electron chi connectivity index (χ4n) is 2.13. The zero-order chi connectivity index (χ0) is 14.8. The summed E-state index contributed by atoms with van der Waals surface area (Å²) < 4.78 is 26.4. The summed E-state index contributed by atoms with van der Waals surface area (Å²) in [5.41, 5.74) is 2.21. The van der Waals surface area contributed by atoms with Crippen LogP contribution in [-0.4, -0.2) is 36.5 Å². The minimum absolute atomic E-state index is 0.285. The normalized spacial score (nSPS) is 12.0. The van der Waals surface area contributed by atoms with E-state index in [9.17, 15) is 8.42 Å². The van der Waals surface area contributed by atoms with Crippen LogP contribution in [0.3, 0.4) is 0 Å². The zero-order valence-corrected chi connectivity index (χ0v) is 12.7. The van der Waals surface area contributed by atoms with Gasteiger partial charge in [-0.2, -0.15) is 5.10 Å². The predicted octanol–water partition coefficient (Wildman–Crippen LogP) is 1.89. The Morgan fingerprint density at radius 3 is 2.40 bits per heavy atom. The van der Waals surface area contributed by atoms with Gasteiger partial charge in [0, 0.05) is 13.6 Å². The number of benzene rings is 1. The van der Waals surface area contributed by atoms with Crippen molar-refractivity contribution < 1.29 is 8.42 Å². The number of H-pyrrole nitrogens is 1. The molecule has 2 aromatic rings. The van der Waals surface area contributed by atoms with E-state index in [2.05, 4.69) is 10.2 Å². The van der Waals surface area contributed by atoms with Gasteiger partial charge >= 0.3 is 0 Å². The predicted molar refractivity (Wildman–Crippen MR) is 78.0 cm³/mol. The Bertz CT molecular complexity index is 658. The highest BCUT2D eigenvalue weighted by atomic mass is 32.2. The number of hydrogen-bond donors (Lipinski definition) is 1. The lowest BCUT2D eigenvalue weighted by molar-refractivity contribution is 0.471. The van der Waals surface area contributed by atoms with E-state index < -0.39 is 10.0 Å². The Hall–Kier alpha value is -1.66. The number of nitrogens with one attached hydrogen (secondary N) is 1. The maximum absolute atomic E-state index is 12.5. The van der Waals surface area contributed by atoms with E-state index in [4.69, 9.17) is 0 Å². The van der Waals surface area contributed by atoms with Gasteiger partial charge in [-0.15, -0.1) is 0 Å². The Morgan fingerprint density at radius 1 is 1.20 bits per heavy atom. The fourth-order valence-corrected chi connectivity index (χ4v) is 3.62. The van der Waals surface area contributed by atoms with E-state index in [-0.39, 0.29) is 4.90 Å². The van der Waals surface area contributed by atoms with Crippen LogP contribution in [0.15, 0.2) is 35.2 Å². The van der Waals surface area contributed by atoms with Gasteiger partial charge < -0.3 is 0 Å². The monoisotopic (exact) mass is 293 g/mol. The molecule has 0 aliphatic heterocycles. The van der Waals surface area contributed by atoms with E-state index in [1.807, 2.05) is 30.3 Å². The van der Waals surface area contributed by atoms with Crippen molar-refractivity contribution in [2.24, 2.45) is 0 Å². The van der Waals surface area contributed by atoms with Crippen LogP contribution in [0.4, 0.5) is 0 Å². The number of aromatic nitrogens is 2. The van der Waals surface area contributed by atoms with Crippen LogP contribution < -0.4 is 0 Å². The molecule has 6 heteroatoms. The van der Waals surface area contributed by atoms with Crippen molar-refractivity contribution in [3.8, 4) is 0 Å². The van der Waals surface area contributed by atoms with Crippen molar-refractivity contribution in [2.45, 2.75) is 25.2 Å². The summed E-state index contributed by atoms with van der Waals surface area (Å²) in [5.74, 6) is 0. The third-order valence-corrected chi connectivity index (χ3v) is 5.41. The first-order chi connectivity index (χ1) is 9.43. The summed E-state index contributed by atoms with van der Waals surface area (Å²) in [4.78, 5) is 0.285. The van der Waals surface area contributed by atoms with E-state index >= 15 is 0 Å². The van der Waals surface area contributed by atoms with Crippen molar-refractivity contribution in [1.82, 2.24) is 14.5 Å². The molecule has 1 N–H and O–H groups in total. The molecule has 0 spiro atoms. The highest BCUT2D eigenvalue weighted by molar-refractivity contribution is 7.89. The van der Waals surface area contributed by atoms with E-state index in [0.29, 0.717) is 24.4 Å². The van der Waals surface area contributed by atoms with Crippen LogP contribution in [0.2, 0.25) is 0 Å². The smallest absolute Gasteiger partial charge is 0.246 e. The molecule has 1 aromatic heterocycles. The quantitative estimate of drug-likeness (QED) is 0.915. The molecule has 0 unspecified atom stereocenters. The number of sulfonamides is 1. The molecule has 0 aliphatic carbocycles. The number of nitrogens with zero attached hydrogens (tertiary/aromatic N) is 2. The fraction of sp³-hybridized carbons (Fsp3) is 0.357. The molecule has 2 rings (SSSR count).